The molecule has 42 nitrogen and oxygen atoms in total. The average molecular weight is 1790 g/mol. The van der Waals surface area contributed by atoms with E-state index < -0.39 is 255 Å². The minimum Gasteiger partial charge on any atom is -0.508 e. The second-order valence-corrected chi connectivity index (χ2v) is 32.8. The molecule has 22 N–H and O–H groups in total. The SMILES string of the molecule is CCCC[C@H]1C(=O)N(C)[C@@H](CCCC)C(=O)N[C@@H](CO)C(=O)N[C@H](C(=O)NCC(N)=O)CSCC(=O)NC(Cc2ccc(O)cc2)C(=O)N(C)[C@@H](C)C(=O)N[C@@H](CCN)C(=O)N2CCC[C@H]2C(=O)N[C@@H](CO)C(=O)N[C@@H](CCC(=O)O)C(=O)N2C[C@H](O)C[C@H]2C(=O)N[C@@H](Cc2c[nH]c3ccccc23)C(=O)N[C@@H](CO)C(=O)N[C@@H](Cc2c[nH]c3ccccc23)C(=O)N1C. The van der Waals surface area contributed by atoms with Crippen LogP contribution < -0.4 is 64.6 Å². The normalized spacial score (nSPS) is 25.6. The smallest absolute Gasteiger partial charge is 0.303 e. The molecule has 0 spiro atoms. The molecule has 15 atom stereocenters. The fourth-order valence-electron chi connectivity index (χ4n) is 15.4. The van der Waals surface area contributed by atoms with Crippen LogP contribution >= 0.6 is 11.8 Å². The van der Waals surface area contributed by atoms with Crippen LogP contribution in [0.1, 0.15) is 115 Å². The zero-order valence-corrected chi connectivity index (χ0v) is 72.5. The van der Waals surface area contributed by atoms with Gasteiger partial charge in [0.05, 0.1) is 38.2 Å². The Morgan fingerprint density at radius 1 is 0.520 bits per heavy atom. The molecule has 2 aromatic heterocycles. The molecule has 3 saturated heterocycles. The number of nitrogens with two attached hydrogens (primary N) is 2. The van der Waals surface area contributed by atoms with Gasteiger partial charge in [-0.1, -0.05) is 88.1 Å². The molecule has 127 heavy (non-hydrogen) atoms. The highest BCUT2D eigenvalue weighted by Crippen LogP contribution is 2.27. The highest BCUT2D eigenvalue weighted by atomic mass is 32.2. The minimum absolute atomic E-state index is 0.0332. The van der Waals surface area contributed by atoms with E-state index in [4.69, 9.17) is 11.5 Å². The molecule has 3 aliphatic heterocycles. The maximum atomic E-state index is 15.6. The summed E-state index contributed by atoms with van der Waals surface area (Å²) < 4.78 is 0. The third-order valence-corrected chi connectivity index (χ3v) is 23.7. The zero-order valence-electron chi connectivity index (χ0n) is 71.6. The summed E-state index contributed by atoms with van der Waals surface area (Å²) in [5, 5.41) is 90.2. The second kappa shape index (κ2) is 47.8. The lowest BCUT2D eigenvalue weighted by atomic mass is 10.00. The highest BCUT2D eigenvalue weighted by molar-refractivity contribution is 8.00. The van der Waals surface area contributed by atoms with E-state index in [0.717, 1.165) is 36.3 Å². The number of amides is 16. The second-order valence-electron chi connectivity index (χ2n) is 31.8. The number of aromatic nitrogens is 2. The molecular weight excluding hydrogens is 1680 g/mol. The van der Waals surface area contributed by atoms with Crippen molar-refractivity contribution in [2.75, 3.05) is 78.6 Å². The van der Waals surface area contributed by atoms with E-state index in [1.807, 2.05) is 6.92 Å². The summed E-state index contributed by atoms with van der Waals surface area (Å²) in [5.41, 5.74) is 13.9. The van der Waals surface area contributed by atoms with Crippen molar-refractivity contribution in [3.63, 3.8) is 0 Å². The molecule has 0 saturated carbocycles. The van der Waals surface area contributed by atoms with Crippen LogP contribution in [-0.4, -0.2) is 335 Å². The first-order valence-corrected chi connectivity index (χ1v) is 43.3. The van der Waals surface area contributed by atoms with Gasteiger partial charge in [-0.15, -0.1) is 11.8 Å². The predicted octanol–water partition coefficient (Wildman–Crippen LogP) is -4.88. The lowest BCUT2D eigenvalue weighted by Crippen LogP contribution is -2.62. The van der Waals surface area contributed by atoms with Gasteiger partial charge in [0.25, 0.3) is 0 Å². The summed E-state index contributed by atoms with van der Waals surface area (Å²) in [6.45, 7) is -0.136. The van der Waals surface area contributed by atoms with Crippen molar-refractivity contribution < 1.29 is 112 Å². The van der Waals surface area contributed by atoms with E-state index in [1.165, 1.54) is 52.3 Å². The molecule has 43 heteroatoms. The molecule has 0 radical (unpaired) electrons. The lowest BCUT2D eigenvalue weighted by molar-refractivity contribution is -0.149. The molecule has 3 aliphatic rings. The van der Waals surface area contributed by atoms with Crippen molar-refractivity contribution in [2.45, 2.75) is 208 Å². The van der Waals surface area contributed by atoms with Crippen LogP contribution in [0.3, 0.4) is 0 Å². The van der Waals surface area contributed by atoms with Crippen LogP contribution in [-0.2, 0) is 101 Å². The Balaban J connectivity index is 1.16. The quantitative estimate of drug-likeness (QED) is 0.0292. The number of nitrogens with one attached hydrogen (secondary N) is 12. The van der Waals surface area contributed by atoms with Crippen molar-refractivity contribution in [2.24, 2.45) is 11.5 Å². The number of aromatic amines is 2. The summed E-state index contributed by atoms with van der Waals surface area (Å²) >= 11 is 0.733. The third-order valence-electron chi connectivity index (χ3n) is 22.7. The Morgan fingerprint density at radius 3 is 1.57 bits per heavy atom. The number of carboxylic acids is 1. The fourth-order valence-corrected chi connectivity index (χ4v) is 16.3. The van der Waals surface area contributed by atoms with Crippen molar-refractivity contribution in [3.05, 3.63) is 102 Å². The Hall–Kier alpha value is -12.3. The molecule has 692 valence electrons. The van der Waals surface area contributed by atoms with E-state index in [9.17, 15) is 88.2 Å². The predicted molar refractivity (Wildman–Crippen MR) is 460 cm³/mol. The third kappa shape index (κ3) is 27.1. The molecule has 5 aromatic rings. The van der Waals surface area contributed by atoms with Crippen LogP contribution in [0.4, 0.5) is 0 Å². The van der Waals surface area contributed by atoms with E-state index in [0.29, 0.717) is 64.2 Å². The number of phenolic OH excluding ortho intramolecular Hbond substituents is 1. The molecule has 3 aromatic carbocycles. The number of nitrogens with zero attached hydrogens (tertiary/aromatic N) is 5. The number of aliphatic carboxylic acids is 1. The summed E-state index contributed by atoms with van der Waals surface area (Å²) in [4.78, 5) is 256. The average Bonchev–Trinajstić information content (AvgIpc) is 1.71. The highest BCUT2D eigenvalue weighted by Gasteiger charge is 2.46. The van der Waals surface area contributed by atoms with Crippen molar-refractivity contribution in [3.8, 4) is 5.75 Å². The van der Waals surface area contributed by atoms with Gasteiger partial charge in [-0.25, -0.2) is 0 Å². The Morgan fingerprint density at radius 2 is 1.00 bits per heavy atom. The van der Waals surface area contributed by atoms with Gasteiger partial charge in [-0.2, -0.15) is 0 Å². The Bertz CT molecular complexity index is 4760. The maximum Gasteiger partial charge on any atom is 0.303 e. The topological polar surface area (TPSA) is 632 Å². The van der Waals surface area contributed by atoms with Crippen LogP contribution in [0.5, 0.6) is 5.75 Å². The fraction of sp³-hybridized carbons (Fsp3) is 0.536. The first kappa shape index (κ1) is 100. The summed E-state index contributed by atoms with van der Waals surface area (Å²) in [5.74, 6) is -18.7. The van der Waals surface area contributed by atoms with Gasteiger partial charge in [-0.3, -0.25) is 81.5 Å². The number of hydrogen-bond donors (Lipinski definition) is 20. The number of carbonyl (C=O) groups excluding carboxylic acids is 16. The Kier molecular flexibility index (Phi) is 37.7. The molecule has 3 fully saturated rings. The largest absolute Gasteiger partial charge is 0.508 e. The number of para-hydroxylation sites is 2. The number of carboxylic acid groups (broad SMARTS) is 1. The van der Waals surface area contributed by atoms with Crippen molar-refractivity contribution in [1.82, 2.24) is 87.6 Å². The van der Waals surface area contributed by atoms with Crippen LogP contribution in [0.2, 0.25) is 0 Å². The lowest BCUT2D eigenvalue weighted by Gasteiger charge is -2.36. The standard InChI is InChI=1S/C84H117N19O23S/c1-7-9-20-64-77(119)96-62(42-106)76(118)98-63(72(114)89-38-68(86)109)43-127-44-69(110)90-58(32-46-23-25-49(107)26-24-46)80(122)99(4)45(3)71(113)91-56(29-30-85)82(124)102-31-15-22-65(102)78(120)97-61(41-105)74(116)92-55(27-28-70(111)112)83(125)103-39-50(108)35-67(103)79(121)93-57(33-47-36-87-53-18-13-11-16-51(47)53)73(115)95-60(40-104)75(117)94-59(34-48-37-88-54-19-14-12-17-52(48)54)81(123)101(6)66(21-10-8-2)84(126)100(64)5/h11-14,16-19,23-26,36-37,45,50,55-67,87-88,104-108H,7-10,15,20-22,27-35,38-44,85H2,1-6H3,(H2,86,109)(H,89,114)(H,90,110)(H,91,113)(H,92,116)(H,93,121)(H,94,117)(H,95,115)(H,96,119)(H,97,120)(H,98,118)(H,111,112)/t45-,50+,55-,56-,57-,58?,59-,60-,61-,62-,63-,64-,65-,66-,67-/m0/s1. The monoisotopic (exact) mass is 1790 g/mol. The number of hydrogen-bond acceptors (Lipinski definition) is 24. The van der Waals surface area contributed by atoms with E-state index in [-0.39, 0.29) is 70.2 Å². The molecule has 0 aliphatic carbocycles. The van der Waals surface area contributed by atoms with Gasteiger partial charge in [0.15, 0.2) is 0 Å². The molecule has 16 amide bonds. The molecule has 8 rings (SSSR count). The Labute approximate surface area is 736 Å². The van der Waals surface area contributed by atoms with Crippen molar-refractivity contribution in [1.29, 1.82) is 0 Å². The van der Waals surface area contributed by atoms with E-state index >= 15 is 24.0 Å². The number of unbranched alkanes of at least 4 members (excludes halogenated alkanes) is 2. The number of fused-ring (bicyclic) bond motifs is 4. The van der Waals surface area contributed by atoms with Crippen LogP contribution in [0, 0.1) is 0 Å². The van der Waals surface area contributed by atoms with Gasteiger partial charge in [0, 0.05) is 106 Å². The number of likely N-dealkylation sites (N-methyl/N-ethyl adjacent to an activating group) is 3. The number of aromatic hydroxyl groups is 1. The number of rotatable bonds is 23. The first-order chi connectivity index (χ1) is 60.6. The van der Waals surface area contributed by atoms with Gasteiger partial charge in [-0.05, 0) is 92.9 Å². The number of aliphatic hydroxyl groups excluding tert-OH is 4. The molecule has 5 heterocycles. The summed E-state index contributed by atoms with van der Waals surface area (Å²) in [7, 11) is 3.83. The van der Waals surface area contributed by atoms with Crippen LogP contribution in [0.25, 0.3) is 21.8 Å². The number of benzene rings is 3. The molecular formula is C84H117N19O23S. The number of thioether (sulfide) groups is 1. The zero-order chi connectivity index (χ0) is 93.0. The maximum absolute atomic E-state index is 15.6. The van der Waals surface area contributed by atoms with Gasteiger partial charge in [0.1, 0.15) is 90.3 Å². The van der Waals surface area contributed by atoms with Gasteiger partial charge in [0.2, 0.25) is 94.5 Å². The number of carbonyl (C=O) groups is 17. The first-order valence-electron chi connectivity index (χ1n) is 42.1. The minimum atomic E-state index is -1.93. The van der Waals surface area contributed by atoms with Crippen molar-refractivity contribution >= 4 is 134 Å². The van der Waals surface area contributed by atoms with Gasteiger partial charge >= 0.3 is 5.97 Å². The molecule has 0 bridgehead atoms. The number of primary amides is 1. The summed E-state index contributed by atoms with van der Waals surface area (Å²) in [6.07, 6.45) is 0.147. The number of aliphatic hydroxyl groups is 4. The van der Waals surface area contributed by atoms with E-state index in [2.05, 4.69) is 63.1 Å². The van der Waals surface area contributed by atoms with Crippen LogP contribution in [0.15, 0.2) is 85.2 Å². The molecule has 1 unspecified atom stereocenters. The number of H-pyrrole nitrogens is 2. The van der Waals surface area contributed by atoms with E-state index in [1.54, 1.807) is 67.8 Å². The summed E-state index contributed by atoms with van der Waals surface area (Å²) in [6, 6.07) is -3.51. The number of phenols is 1. The van der Waals surface area contributed by atoms with Gasteiger partial charge < -0.3 is 130 Å².